The van der Waals surface area contributed by atoms with E-state index in [-0.39, 0.29) is 5.56 Å². The third kappa shape index (κ3) is 4.59. The number of unbranched alkanes of at least 4 members (excludes halogenated alkanes) is 1. The van der Waals surface area contributed by atoms with Gasteiger partial charge in [0.05, 0.1) is 18.3 Å². The molecule has 3 aromatic rings. The summed E-state index contributed by atoms with van der Waals surface area (Å²) in [4.78, 5) is 27.0. The molecule has 3 heterocycles. The summed E-state index contributed by atoms with van der Waals surface area (Å²) in [5, 5.41) is 1.05. The zero-order valence-corrected chi connectivity index (χ0v) is 20.0. The van der Waals surface area contributed by atoms with Gasteiger partial charge in [-0.3, -0.25) is 9.69 Å². The summed E-state index contributed by atoms with van der Waals surface area (Å²) >= 11 is 0. The molecule has 1 aliphatic heterocycles. The van der Waals surface area contributed by atoms with E-state index in [1.54, 1.807) is 7.11 Å². The van der Waals surface area contributed by atoms with Crippen LogP contribution in [0.2, 0.25) is 0 Å². The van der Waals surface area contributed by atoms with E-state index in [1.807, 2.05) is 18.2 Å². The number of methoxy groups -OCH3 is 1. The van der Waals surface area contributed by atoms with Crippen molar-refractivity contribution < 1.29 is 4.74 Å². The van der Waals surface area contributed by atoms with Crippen LogP contribution >= 0.6 is 0 Å². The van der Waals surface area contributed by atoms with Gasteiger partial charge in [-0.15, -0.1) is 0 Å². The molecule has 0 bridgehead atoms. The Balaban J connectivity index is 1.11. The van der Waals surface area contributed by atoms with Crippen LogP contribution in [0.15, 0.2) is 35.1 Å². The Morgan fingerprint density at radius 3 is 2.65 bits per heavy atom. The topological polar surface area (TPSA) is 89.5 Å². The molecule has 8 heteroatoms. The van der Waals surface area contributed by atoms with E-state index in [0.29, 0.717) is 0 Å². The maximum Gasteiger partial charge on any atom is 0.275 e. The van der Waals surface area contributed by atoms with Crippen molar-refractivity contribution in [1.82, 2.24) is 19.5 Å². The average molecular weight is 463 g/mol. The van der Waals surface area contributed by atoms with Gasteiger partial charge in [-0.1, -0.05) is 6.07 Å². The SMILES string of the molecule is COc1cccc2nc(N3CCN(CCCCc4nc5c(c(=O)n4N)CCCC5)CC3)ccc12. The standard InChI is InChI=1S/C26H34N6O2/c1-34-23-10-6-9-21-19(23)12-13-24(28-21)31-17-15-30(16-18-31)14-5-4-11-25-29-22-8-3-2-7-20(22)26(33)32(25)27/h6,9-10,12-13H,2-5,7-8,11,14-18,27H2,1H3. The van der Waals surface area contributed by atoms with Crippen molar-refractivity contribution in [2.24, 2.45) is 0 Å². The van der Waals surface area contributed by atoms with E-state index in [1.165, 1.54) is 4.68 Å². The molecule has 2 N–H and O–H groups in total. The minimum atomic E-state index is -0.0448. The number of nitrogens with two attached hydrogens (primary N) is 1. The van der Waals surface area contributed by atoms with Gasteiger partial charge in [0, 0.05) is 43.5 Å². The number of nitrogen functional groups attached to an aromatic ring is 1. The molecule has 0 atom stereocenters. The summed E-state index contributed by atoms with van der Waals surface area (Å²) in [5.74, 6) is 8.68. The highest BCUT2D eigenvalue weighted by Gasteiger charge is 2.20. The molecule has 0 radical (unpaired) electrons. The number of fused-ring (bicyclic) bond motifs is 2. The zero-order valence-electron chi connectivity index (χ0n) is 20.0. The molecule has 1 saturated heterocycles. The molecule has 0 saturated carbocycles. The van der Waals surface area contributed by atoms with Gasteiger partial charge in [-0.05, 0) is 69.3 Å². The first-order chi connectivity index (χ1) is 16.6. The Morgan fingerprint density at radius 2 is 1.82 bits per heavy atom. The number of nitrogens with zero attached hydrogens (tertiary/aromatic N) is 5. The van der Waals surface area contributed by atoms with Crippen molar-refractivity contribution in [2.45, 2.75) is 44.9 Å². The first-order valence-corrected chi connectivity index (χ1v) is 12.4. The summed E-state index contributed by atoms with van der Waals surface area (Å²) < 4.78 is 6.74. The number of benzene rings is 1. The van der Waals surface area contributed by atoms with E-state index < -0.39 is 0 Å². The van der Waals surface area contributed by atoms with Crippen LogP contribution in [0.5, 0.6) is 5.75 Å². The van der Waals surface area contributed by atoms with E-state index >= 15 is 0 Å². The second-order valence-corrected chi connectivity index (χ2v) is 9.32. The lowest BCUT2D eigenvalue weighted by atomic mass is 9.97. The van der Waals surface area contributed by atoms with E-state index in [9.17, 15) is 4.79 Å². The van der Waals surface area contributed by atoms with Gasteiger partial charge in [-0.25, -0.2) is 14.6 Å². The van der Waals surface area contributed by atoms with Crippen molar-refractivity contribution in [1.29, 1.82) is 0 Å². The van der Waals surface area contributed by atoms with Gasteiger partial charge in [-0.2, -0.15) is 0 Å². The van der Waals surface area contributed by atoms with Gasteiger partial charge >= 0.3 is 0 Å². The molecule has 2 aromatic heterocycles. The third-order valence-corrected chi connectivity index (χ3v) is 7.18. The Labute approximate surface area is 200 Å². The Hall–Kier alpha value is -3.13. The fourth-order valence-corrected chi connectivity index (χ4v) is 5.18. The molecule has 180 valence electrons. The second kappa shape index (κ2) is 10.0. The highest BCUT2D eigenvalue weighted by Crippen LogP contribution is 2.26. The van der Waals surface area contributed by atoms with Gasteiger partial charge in [0.1, 0.15) is 17.4 Å². The minimum absolute atomic E-state index is 0.0448. The highest BCUT2D eigenvalue weighted by molar-refractivity contribution is 5.86. The average Bonchev–Trinajstić information content (AvgIpc) is 2.89. The molecular weight excluding hydrogens is 428 g/mol. The summed E-state index contributed by atoms with van der Waals surface area (Å²) in [6.07, 6.45) is 6.70. The number of hydrogen-bond acceptors (Lipinski definition) is 7. The molecule has 1 aromatic carbocycles. The Morgan fingerprint density at radius 1 is 1.00 bits per heavy atom. The molecule has 8 nitrogen and oxygen atoms in total. The fourth-order valence-electron chi connectivity index (χ4n) is 5.18. The smallest absolute Gasteiger partial charge is 0.275 e. The molecule has 0 unspecified atom stereocenters. The molecular formula is C26H34N6O2. The number of anilines is 1. The van der Waals surface area contributed by atoms with Crippen molar-refractivity contribution in [2.75, 3.05) is 50.6 Å². The predicted molar refractivity (Wildman–Crippen MR) is 135 cm³/mol. The summed E-state index contributed by atoms with van der Waals surface area (Å²) in [6, 6.07) is 10.2. The first kappa shape index (κ1) is 22.7. The summed E-state index contributed by atoms with van der Waals surface area (Å²) in [6.45, 7) is 5.04. The molecule has 0 amide bonds. The molecule has 1 fully saturated rings. The van der Waals surface area contributed by atoms with E-state index in [0.717, 1.165) is 117 Å². The van der Waals surface area contributed by atoms with Crippen molar-refractivity contribution in [3.05, 3.63) is 57.8 Å². The lowest BCUT2D eigenvalue weighted by molar-refractivity contribution is 0.252. The number of rotatable bonds is 7. The maximum absolute atomic E-state index is 12.5. The van der Waals surface area contributed by atoms with Crippen LogP contribution in [0.1, 0.15) is 42.8 Å². The van der Waals surface area contributed by atoms with Crippen LogP contribution in [0.25, 0.3) is 10.9 Å². The van der Waals surface area contributed by atoms with Gasteiger partial charge in [0.15, 0.2) is 0 Å². The van der Waals surface area contributed by atoms with Crippen molar-refractivity contribution in [3.8, 4) is 5.75 Å². The lowest BCUT2D eigenvalue weighted by Crippen LogP contribution is -2.46. The number of aromatic nitrogens is 3. The third-order valence-electron chi connectivity index (χ3n) is 7.18. The maximum atomic E-state index is 12.5. The van der Waals surface area contributed by atoms with Crippen molar-refractivity contribution in [3.63, 3.8) is 0 Å². The predicted octanol–water partition coefficient (Wildman–Crippen LogP) is 2.54. The first-order valence-electron chi connectivity index (χ1n) is 12.4. The fraction of sp³-hybridized carbons (Fsp3) is 0.500. The van der Waals surface area contributed by atoms with Crippen LogP contribution < -0.4 is 21.0 Å². The van der Waals surface area contributed by atoms with Crippen LogP contribution in [0.4, 0.5) is 5.82 Å². The number of ether oxygens (including phenoxy) is 1. The normalized spacial score (nSPS) is 16.6. The van der Waals surface area contributed by atoms with Crippen LogP contribution in [0, 0.1) is 0 Å². The van der Waals surface area contributed by atoms with Gasteiger partial charge in [0.2, 0.25) is 0 Å². The van der Waals surface area contributed by atoms with Gasteiger partial charge in [0.25, 0.3) is 5.56 Å². The number of aryl methyl sites for hydroxylation is 2. The molecule has 2 aliphatic rings. The number of hydrogen-bond donors (Lipinski definition) is 1. The van der Waals surface area contributed by atoms with Crippen LogP contribution in [-0.2, 0) is 19.3 Å². The lowest BCUT2D eigenvalue weighted by Gasteiger charge is -2.35. The van der Waals surface area contributed by atoms with Crippen LogP contribution in [-0.4, -0.2) is 59.4 Å². The highest BCUT2D eigenvalue weighted by atomic mass is 16.5. The van der Waals surface area contributed by atoms with E-state index in [4.69, 9.17) is 20.5 Å². The number of piperazine rings is 1. The zero-order chi connectivity index (χ0) is 23.5. The van der Waals surface area contributed by atoms with Crippen molar-refractivity contribution >= 4 is 16.7 Å². The van der Waals surface area contributed by atoms with Gasteiger partial charge < -0.3 is 15.5 Å². The van der Waals surface area contributed by atoms with Crippen LogP contribution in [0.3, 0.4) is 0 Å². The number of pyridine rings is 1. The molecule has 34 heavy (non-hydrogen) atoms. The minimum Gasteiger partial charge on any atom is -0.496 e. The van der Waals surface area contributed by atoms with E-state index in [2.05, 4.69) is 21.9 Å². The second-order valence-electron chi connectivity index (χ2n) is 9.32. The summed E-state index contributed by atoms with van der Waals surface area (Å²) in [5.41, 5.74) is 2.73. The largest absolute Gasteiger partial charge is 0.496 e. The monoisotopic (exact) mass is 462 g/mol. The quantitative estimate of drug-likeness (QED) is 0.426. The molecule has 5 rings (SSSR count). The Kier molecular flexibility index (Phi) is 6.67. The Bertz CT molecular complexity index is 1220. The molecule has 0 spiro atoms. The molecule has 1 aliphatic carbocycles. The summed E-state index contributed by atoms with van der Waals surface area (Å²) in [7, 11) is 1.69.